The summed E-state index contributed by atoms with van der Waals surface area (Å²) in [5, 5.41) is 3.98. The molecule has 1 N–H and O–H groups in total. The van der Waals surface area contributed by atoms with Crippen LogP contribution in [-0.2, 0) is 0 Å². The number of nitrogens with one attached hydrogen (secondary N) is 1. The molecular formula is C15H20ClNO. The molecule has 0 bridgehead atoms. The minimum absolute atomic E-state index is 0.197. The van der Waals surface area contributed by atoms with Crippen LogP contribution in [0.25, 0.3) is 0 Å². The van der Waals surface area contributed by atoms with Crippen LogP contribution >= 0.6 is 11.6 Å². The molecule has 0 aromatic heterocycles. The van der Waals surface area contributed by atoms with Crippen molar-refractivity contribution in [1.29, 1.82) is 0 Å². The number of hydrogen-bond donors (Lipinski definition) is 1. The van der Waals surface area contributed by atoms with Crippen LogP contribution in [0.5, 0.6) is 5.75 Å². The third-order valence-corrected chi connectivity index (χ3v) is 3.59. The zero-order valence-electron chi connectivity index (χ0n) is 10.9. The van der Waals surface area contributed by atoms with Crippen LogP contribution in [0.3, 0.4) is 0 Å². The number of allylic oxidation sites excluding steroid dienone is 1. The molecular weight excluding hydrogens is 246 g/mol. The van der Waals surface area contributed by atoms with Gasteiger partial charge in [0.2, 0.25) is 0 Å². The molecule has 18 heavy (non-hydrogen) atoms. The van der Waals surface area contributed by atoms with Gasteiger partial charge in [-0.3, -0.25) is 0 Å². The second kappa shape index (κ2) is 6.26. The van der Waals surface area contributed by atoms with Crippen LogP contribution in [0, 0.1) is 0 Å². The lowest BCUT2D eigenvalue weighted by molar-refractivity contribution is 0.226. The summed E-state index contributed by atoms with van der Waals surface area (Å²) in [5.41, 5.74) is 1.11. The maximum absolute atomic E-state index is 6.08. The van der Waals surface area contributed by atoms with Gasteiger partial charge in [-0.1, -0.05) is 17.7 Å². The summed E-state index contributed by atoms with van der Waals surface area (Å²) in [5.74, 6) is 0.929. The molecule has 0 fully saturated rings. The summed E-state index contributed by atoms with van der Waals surface area (Å²) in [4.78, 5) is 0. The average molecular weight is 266 g/mol. The molecule has 0 amide bonds. The Labute approximate surface area is 114 Å². The maximum Gasteiger partial charge on any atom is 0.125 e. The first-order valence-corrected chi connectivity index (χ1v) is 6.88. The number of halogens is 1. The Bertz CT molecular complexity index is 431. The van der Waals surface area contributed by atoms with Gasteiger partial charge >= 0.3 is 0 Å². The maximum atomic E-state index is 6.08. The second-order valence-corrected chi connectivity index (χ2v) is 5.14. The Balaban J connectivity index is 2.20. The van der Waals surface area contributed by atoms with Crippen LogP contribution < -0.4 is 10.1 Å². The normalized spacial score (nSPS) is 20.7. The van der Waals surface area contributed by atoms with Crippen molar-refractivity contribution in [3.63, 3.8) is 0 Å². The van der Waals surface area contributed by atoms with Crippen molar-refractivity contribution >= 4 is 11.6 Å². The molecule has 1 aliphatic carbocycles. The molecule has 2 rings (SSSR count). The molecule has 0 saturated carbocycles. The van der Waals surface area contributed by atoms with Gasteiger partial charge in [0.25, 0.3) is 0 Å². The number of rotatable bonds is 4. The number of ether oxygens (including phenoxy) is 1. The summed E-state index contributed by atoms with van der Waals surface area (Å²) in [6.07, 6.45) is 8.01. The van der Waals surface area contributed by atoms with E-state index in [2.05, 4.69) is 24.4 Å². The number of hydrogen-bond acceptors (Lipinski definition) is 2. The molecule has 0 spiro atoms. The molecule has 3 heteroatoms. The molecule has 1 aromatic rings. The van der Waals surface area contributed by atoms with Crippen molar-refractivity contribution in [3.8, 4) is 5.75 Å². The highest BCUT2D eigenvalue weighted by Crippen LogP contribution is 2.30. The predicted molar refractivity (Wildman–Crippen MR) is 76.3 cm³/mol. The van der Waals surface area contributed by atoms with Gasteiger partial charge in [-0.2, -0.15) is 0 Å². The third-order valence-electron chi connectivity index (χ3n) is 3.36. The van der Waals surface area contributed by atoms with Crippen LogP contribution in [0.1, 0.15) is 37.8 Å². The topological polar surface area (TPSA) is 21.3 Å². The fourth-order valence-corrected chi connectivity index (χ4v) is 2.34. The summed E-state index contributed by atoms with van der Waals surface area (Å²) < 4.78 is 6.08. The average Bonchev–Trinajstić information content (AvgIpc) is 2.41. The van der Waals surface area contributed by atoms with E-state index in [-0.39, 0.29) is 12.1 Å². The fraction of sp³-hybridized carbons (Fsp3) is 0.467. The minimum atomic E-state index is 0.197. The molecule has 2 atom stereocenters. The molecule has 0 aliphatic heterocycles. The highest BCUT2D eigenvalue weighted by molar-refractivity contribution is 6.30. The van der Waals surface area contributed by atoms with E-state index < -0.39 is 0 Å². The smallest absolute Gasteiger partial charge is 0.125 e. The SMILES string of the molecule is CNC(C)c1cc(Cl)ccc1OC1C=CCCC1. The Morgan fingerprint density at radius 2 is 2.28 bits per heavy atom. The molecule has 2 unspecified atom stereocenters. The van der Waals surface area contributed by atoms with E-state index in [1.165, 1.54) is 12.8 Å². The van der Waals surface area contributed by atoms with Gasteiger partial charge in [0.1, 0.15) is 11.9 Å². The van der Waals surface area contributed by atoms with Crippen molar-refractivity contribution in [3.05, 3.63) is 40.9 Å². The van der Waals surface area contributed by atoms with E-state index in [0.29, 0.717) is 0 Å². The van der Waals surface area contributed by atoms with Gasteiger partial charge < -0.3 is 10.1 Å². The summed E-state index contributed by atoms with van der Waals surface area (Å²) in [6.45, 7) is 2.11. The Morgan fingerprint density at radius 1 is 1.44 bits per heavy atom. The van der Waals surface area contributed by atoms with Gasteiger partial charge in [-0.25, -0.2) is 0 Å². The lowest BCUT2D eigenvalue weighted by Crippen LogP contribution is -2.19. The van der Waals surface area contributed by atoms with Crippen LogP contribution in [0.2, 0.25) is 5.02 Å². The van der Waals surface area contributed by atoms with Gasteiger partial charge in [0, 0.05) is 16.6 Å². The van der Waals surface area contributed by atoms with Gasteiger partial charge in [0.15, 0.2) is 0 Å². The first-order chi connectivity index (χ1) is 8.70. The van der Waals surface area contributed by atoms with E-state index in [1.54, 1.807) is 0 Å². The van der Waals surface area contributed by atoms with Crippen LogP contribution in [0.15, 0.2) is 30.4 Å². The van der Waals surface area contributed by atoms with Crippen molar-refractivity contribution in [2.75, 3.05) is 7.05 Å². The van der Waals surface area contributed by atoms with Crippen LogP contribution in [0.4, 0.5) is 0 Å². The highest BCUT2D eigenvalue weighted by atomic mass is 35.5. The second-order valence-electron chi connectivity index (χ2n) is 4.71. The van der Waals surface area contributed by atoms with Crippen molar-refractivity contribution < 1.29 is 4.74 Å². The lowest BCUT2D eigenvalue weighted by atomic mass is 10.0. The fourth-order valence-electron chi connectivity index (χ4n) is 2.16. The van der Waals surface area contributed by atoms with Gasteiger partial charge in [-0.15, -0.1) is 0 Å². The quantitative estimate of drug-likeness (QED) is 0.828. The first-order valence-electron chi connectivity index (χ1n) is 6.50. The van der Waals surface area contributed by atoms with E-state index in [1.807, 2.05) is 25.2 Å². The number of benzene rings is 1. The zero-order chi connectivity index (χ0) is 13.0. The molecule has 98 valence electrons. The van der Waals surface area contributed by atoms with Gasteiger partial charge in [0.05, 0.1) is 0 Å². The van der Waals surface area contributed by atoms with Crippen molar-refractivity contribution in [1.82, 2.24) is 5.32 Å². The molecule has 1 aromatic carbocycles. The lowest BCUT2D eigenvalue weighted by Gasteiger charge is -2.22. The molecule has 0 saturated heterocycles. The van der Waals surface area contributed by atoms with Gasteiger partial charge in [-0.05, 0) is 57.5 Å². The van der Waals surface area contributed by atoms with E-state index in [0.717, 1.165) is 22.8 Å². The molecule has 0 radical (unpaired) electrons. The van der Waals surface area contributed by atoms with E-state index >= 15 is 0 Å². The summed E-state index contributed by atoms with van der Waals surface area (Å²) in [7, 11) is 1.94. The first kappa shape index (κ1) is 13.4. The minimum Gasteiger partial charge on any atom is -0.486 e. The van der Waals surface area contributed by atoms with Crippen molar-refractivity contribution in [2.24, 2.45) is 0 Å². The zero-order valence-corrected chi connectivity index (χ0v) is 11.7. The molecule has 1 aliphatic rings. The van der Waals surface area contributed by atoms with E-state index in [4.69, 9.17) is 16.3 Å². The molecule has 2 nitrogen and oxygen atoms in total. The Hall–Kier alpha value is -0.990. The Morgan fingerprint density at radius 3 is 2.94 bits per heavy atom. The monoisotopic (exact) mass is 265 g/mol. The standard InChI is InChI=1S/C15H20ClNO/c1-11(17-2)14-10-12(16)8-9-15(14)18-13-6-4-3-5-7-13/h4,6,8-11,13,17H,3,5,7H2,1-2H3. The molecule has 0 heterocycles. The predicted octanol–water partition coefficient (Wildman–Crippen LogP) is 4.11. The third kappa shape index (κ3) is 3.27. The summed E-state index contributed by atoms with van der Waals surface area (Å²) in [6, 6.07) is 6.06. The summed E-state index contributed by atoms with van der Waals surface area (Å²) >= 11 is 6.06. The Kier molecular flexibility index (Phi) is 4.67. The van der Waals surface area contributed by atoms with Crippen LogP contribution in [-0.4, -0.2) is 13.2 Å². The largest absolute Gasteiger partial charge is 0.486 e. The van der Waals surface area contributed by atoms with Crippen molar-refractivity contribution in [2.45, 2.75) is 38.3 Å². The highest BCUT2D eigenvalue weighted by Gasteiger charge is 2.15. The van der Waals surface area contributed by atoms with E-state index in [9.17, 15) is 0 Å².